The van der Waals surface area contributed by atoms with E-state index in [-0.39, 0.29) is 11.3 Å². The van der Waals surface area contributed by atoms with Gasteiger partial charge in [0, 0.05) is 43.9 Å². The van der Waals surface area contributed by atoms with E-state index >= 15 is 0 Å². The van der Waals surface area contributed by atoms with Crippen LogP contribution in [-0.4, -0.2) is 14.5 Å². The predicted octanol–water partition coefficient (Wildman–Crippen LogP) is 11.7. The van der Waals surface area contributed by atoms with Crippen molar-refractivity contribution in [3.8, 4) is 28.2 Å². The van der Waals surface area contributed by atoms with Crippen molar-refractivity contribution < 1.29 is 0 Å². The molecule has 2 aromatic heterocycles. The summed E-state index contributed by atoms with van der Waals surface area (Å²) < 4.78 is 2.48. The molecule has 0 fully saturated rings. The Morgan fingerprint density at radius 3 is 2.27 bits per heavy atom. The van der Waals surface area contributed by atoms with E-state index < -0.39 is 0 Å². The lowest BCUT2D eigenvalue weighted by atomic mass is 9.80. The summed E-state index contributed by atoms with van der Waals surface area (Å²) in [5.41, 5.74) is 16.5. The molecule has 0 saturated carbocycles. The summed E-state index contributed by atoms with van der Waals surface area (Å²) in [7, 11) is 0. The fraction of sp³-hybridized carbons (Fsp3) is 0.170. The van der Waals surface area contributed by atoms with Gasteiger partial charge in [0.25, 0.3) is 0 Å². The number of hydrogen-bond donors (Lipinski definition) is 0. The van der Waals surface area contributed by atoms with E-state index in [4.69, 9.17) is 9.97 Å². The zero-order valence-electron chi connectivity index (χ0n) is 32.0. The maximum atomic E-state index is 5.28. The Labute approximate surface area is 328 Å². The molecule has 270 valence electrons. The first-order valence-electron chi connectivity index (χ1n) is 20.2. The molecule has 1 atom stereocenters. The van der Waals surface area contributed by atoms with E-state index in [1.165, 1.54) is 71.7 Å². The van der Waals surface area contributed by atoms with Crippen LogP contribution in [-0.2, 0) is 5.41 Å². The third-order valence-corrected chi connectivity index (χ3v) is 12.8. The summed E-state index contributed by atoms with van der Waals surface area (Å²) in [5, 5.41) is 5.14. The third kappa shape index (κ3) is 5.18. The lowest BCUT2D eigenvalue weighted by Crippen LogP contribution is -2.32. The third-order valence-electron chi connectivity index (χ3n) is 12.8. The van der Waals surface area contributed by atoms with Crippen LogP contribution in [0, 0.1) is 0 Å². The smallest absolute Gasteiger partial charge is 0.160 e. The minimum atomic E-state index is -0.111. The summed E-state index contributed by atoms with van der Waals surface area (Å²) in [5.74, 6) is 1.04. The largest absolute Gasteiger partial charge is 0.310 e. The second-order valence-corrected chi connectivity index (χ2v) is 16.3. The first kappa shape index (κ1) is 33.1. The Bertz CT molecular complexity index is 3000. The van der Waals surface area contributed by atoms with Gasteiger partial charge in [-0.3, -0.25) is 0 Å². The molecule has 3 nitrogen and oxygen atoms in total. The molecule has 11 rings (SSSR count). The Balaban J connectivity index is 1.00. The Kier molecular flexibility index (Phi) is 7.60. The van der Waals surface area contributed by atoms with E-state index in [0.717, 1.165) is 60.1 Å². The highest BCUT2D eigenvalue weighted by atomic mass is 15.0. The number of nitrogens with zero attached hydrogens (tertiary/aromatic N) is 3. The molecule has 0 spiro atoms. The van der Waals surface area contributed by atoms with Gasteiger partial charge in [-0.1, -0.05) is 147 Å². The highest BCUT2D eigenvalue weighted by Crippen LogP contribution is 2.51. The van der Waals surface area contributed by atoms with Gasteiger partial charge in [0.15, 0.2) is 5.82 Å². The standard InChI is InChI=1S/C53H43N3/c1-53(2)45-19-11-9-17-41(45)42-30-32-48-49(50(42)53)44-33-39(29-31-47(44)56(48)40-15-7-4-8-16-40)36-23-27-38(28-24-36)52-54-46-20-12-10-18-43(46)51(55-52)37-25-21-35(22-26-37)34-13-5-3-6-14-34/h3-5,7-13,15-21,23-25,27-28,30-33,39H,6,14,22,26,29H2,1-2H3. The molecule has 0 radical (unpaired) electrons. The van der Waals surface area contributed by atoms with Crippen molar-refractivity contribution in [1.29, 1.82) is 0 Å². The molecular weight excluding hydrogens is 679 g/mol. The van der Waals surface area contributed by atoms with Crippen molar-refractivity contribution in [2.75, 3.05) is 0 Å². The average molecular weight is 722 g/mol. The normalized spacial score (nSPS) is 18.0. The van der Waals surface area contributed by atoms with Gasteiger partial charge in [-0.2, -0.15) is 0 Å². The highest BCUT2D eigenvalue weighted by Gasteiger charge is 2.38. The van der Waals surface area contributed by atoms with E-state index in [1.54, 1.807) is 0 Å². The number of hydrogen-bond acceptors (Lipinski definition) is 2. The molecule has 0 saturated heterocycles. The number of rotatable bonds is 5. The SMILES string of the molecule is CC1(C)c2ccccc2-c2ccc3c(c21)c1c(n3-c2ccccc2)=CCC(c2ccc(-c3nc(C4=CC=C(C5=CC=CCC5)CC4)c4ccccc4n3)cc2)C=1. The zero-order chi connectivity index (χ0) is 37.4. The lowest BCUT2D eigenvalue weighted by molar-refractivity contribution is 0.666. The maximum absolute atomic E-state index is 5.28. The van der Waals surface area contributed by atoms with Crippen LogP contribution < -0.4 is 10.6 Å². The summed E-state index contributed by atoms with van der Waals surface area (Å²) in [6, 6.07) is 42.1. The highest BCUT2D eigenvalue weighted by molar-refractivity contribution is 5.98. The summed E-state index contributed by atoms with van der Waals surface area (Å²) in [6.45, 7) is 4.80. The first-order valence-corrected chi connectivity index (χ1v) is 20.2. The fourth-order valence-electron chi connectivity index (χ4n) is 9.97. The van der Waals surface area contributed by atoms with Crippen molar-refractivity contribution in [2.45, 2.75) is 57.3 Å². The van der Waals surface area contributed by atoms with Crippen LogP contribution in [0.5, 0.6) is 0 Å². The van der Waals surface area contributed by atoms with Crippen LogP contribution in [0.15, 0.2) is 157 Å². The lowest BCUT2D eigenvalue weighted by Gasteiger charge is -2.22. The molecule has 3 heteroatoms. The van der Waals surface area contributed by atoms with Gasteiger partial charge in [-0.05, 0) is 101 Å². The molecule has 0 amide bonds. The topological polar surface area (TPSA) is 30.7 Å². The summed E-state index contributed by atoms with van der Waals surface area (Å²) in [4.78, 5) is 10.4. The van der Waals surface area contributed by atoms with Crippen LogP contribution in [0.1, 0.15) is 74.3 Å². The molecule has 5 aromatic carbocycles. The molecular formula is C53H43N3. The van der Waals surface area contributed by atoms with Gasteiger partial charge in [0.05, 0.1) is 16.7 Å². The molecule has 56 heavy (non-hydrogen) atoms. The van der Waals surface area contributed by atoms with Gasteiger partial charge in [0.1, 0.15) is 0 Å². The Hall–Kier alpha value is -6.32. The second kappa shape index (κ2) is 12.9. The Morgan fingerprint density at radius 1 is 0.679 bits per heavy atom. The number of fused-ring (bicyclic) bond motifs is 8. The van der Waals surface area contributed by atoms with Crippen molar-refractivity contribution in [1.82, 2.24) is 14.5 Å². The monoisotopic (exact) mass is 721 g/mol. The van der Waals surface area contributed by atoms with Gasteiger partial charge < -0.3 is 4.57 Å². The van der Waals surface area contributed by atoms with Crippen molar-refractivity contribution in [3.63, 3.8) is 0 Å². The molecule has 0 aliphatic heterocycles. The van der Waals surface area contributed by atoms with Gasteiger partial charge in [0.2, 0.25) is 0 Å². The maximum Gasteiger partial charge on any atom is 0.160 e. The molecule has 0 N–H and O–H groups in total. The fourth-order valence-corrected chi connectivity index (χ4v) is 9.97. The van der Waals surface area contributed by atoms with Gasteiger partial charge >= 0.3 is 0 Å². The van der Waals surface area contributed by atoms with E-state index in [1.807, 2.05) is 0 Å². The first-order chi connectivity index (χ1) is 27.5. The van der Waals surface area contributed by atoms with E-state index in [2.05, 4.69) is 176 Å². The van der Waals surface area contributed by atoms with Crippen LogP contribution in [0.4, 0.5) is 0 Å². The van der Waals surface area contributed by atoms with Crippen molar-refractivity contribution in [2.24, 2.45) is 0 Å². The minimum absolute atomic E-state index is 0.111. The molecule has 0 bridgehead atoms. The molecule has 7 aromatic rings. The molecule has 4 aliphatic rings. The summed E-state index contributed by atoms with van der Waals surface area (Å²) >= 11 is 0. The average Bonchev–Trinajstić information content (AvgIpc) is 3.71. The number of allylic oxidation sites excluding steroid dienone is 8. The molecule has 4 aliphatic carbocycles. The van der Waals surface area contributed by atoms with E-state index in [0.29, 0.717) is 0 Å². The van der Waals surface area contributed by atoms with Crippen molar-refractivity contribution in [3.05, 3.63) is 190 Å². The van der Waals surface area contributed by atoms with Gasteiger partial charge in [-0.25, -0.2) is 9.97 Å². The van der Waals surface area contributed by atoms with Crippen molar-refractivity contribution >= 4 is 39.5 Å². The van der Waals surface area contributed by atoms with Crippen LogP contribution in [0.2, 0.25) is 0 Å². The van der Waals surface area contributed by atoms with Crippen LogP contribution in [0.3, 0.4) is 0 Å². The minimum Gasteiger partial charge on any atom is -0.310 e. The van der Waals surface area contributed by atoms with Crippen LogP contribution >= 0.6 is 0 Å². The molecule has 2 heterocycles. The quantitative estimate of drug-likeness (QED) is 0.177. The number of aromatic nitrogens is 3. The summed E-state index contributed by atoms with van der Waals surface area (Å²) in [6.07, 6.45) is 21.6. The van der Waals surface area contributed by atoms with E-state index in [9.17, 15) is 0 Å². The van der Waals surface area contributed by atoms with Gasteiger partial charge in [-0.15, -0.1) is 0 Å². The predicted molar refractivity (Wildman–Crippen MR) is 233 cm³/mol. The number of benzene rings is 5. The second-order valence-electron chi connectivity index (χ2n) is 16.3. The number of para-hydroxylation sites is 2. The zero-order valence-corrected chi connectivity index (χ0v) is 32.0. The molecule has 1 unspecified atom stereocenters. The van der Waals surface area contributed by atoms with Crippen LogP contribution in [0.25, 0.3) is 67.7 Å². The Morgan fingerprint density at radius 2 is 1.45 bits per heavy atom.